The lowest BCUT2D eigenvalue weighted by molar-refractivity contribution is 0.476. The number of benzene rings is 6. The van der Waals surface area contributed by atoms with Crippen LogP contribution in [0.4, 0.5) is 0 Å². The molecule has 6 heterocycles. The lowest BCUT2D eigenvalue weighted by atomic mass is 10.0. The molecule has 1 N–H and O–H groups in total. The molecule has 0 aliphatic rings. The van der Waals surface area contributed by atoms with E-state index in [1.807, 2.05) is 110 Å². The predicted molar refractivity (Wildman–Crippen MR) is 259 cm³/mol. The van der Waals surface area contributed by atoms with Crippen LogP contribution in [0.2, 0.25) is 0 Å². The largest absolute Gasteiger partial charge is 0.508 e. The van der Waals surface area contributed by atoms with Gasteiger partial charge in [0.15, 0.2) is 0 Å². The molecule has 9 heteroatoms. The number of pyridine rings is 4. The molecule has 12 aromatic rings. The second-order valence-corrected chi connectivity index (χ2v) is 16.1. The lowest BCUT2D eigenvalue weighted by Crippen LogP contribution is -1.92. The Morgan fingerprint density at radius 2 is 0.952 bits per heavy atom. The highest BCUT2D eigenvalue weighted by Gasteiger charge is 2.13. The SMILES string of the molecule is Cc1ccc(Br)cc1-c1ccccn1.Cc1ccc(Oc2ccc3c4ccccc4n4ccnc4c3c2)cc1-c1ccccn1.Oc1ccc2c3ccccc3n3ccnc3c2c1. The van der Waals surface area contributed by atoms with Crippen molar-refractivity contribution in [2.24, 2.45) is 0 Å². The van der Waals surface area contributed by atoms with Crippen molar-refractivity contribution >= 4 is 70.6 Å². The number of aromatic nitrogens is 6. The standard InChI is InChI=1S/C27H19N3O.C15H10N2O.C12H10BrN/c1-18-9-10-19(16-23(18)25-7-4-5-13-28-25)31-20-11-12-21-22-6-2-3-8-26(22)30-15-14-29-27(30)24(21)17-20;18-10-5-6-11-12-3-1-2-4-14(12)17-8-7-16-15(17)13(11)9-10;1-9-5-6-10(13)8-11(9)12-4-2-3-7-14-12/h2-17H,1H3;1-9,18H;2-8H,1H3. The minimum atomic E-state index is 0.266. The van der Waals surface area contributed by atoms with Crippen molar-refractivity contribution in [1.82, 2.24) is 28.7 Å². The van der Waals surface area contributed by atoms with Gasteiger partial charge in [-0.05, 0) is 133 Å². The maximum Gasteiger partial charge on any atom is 0.145 e. The molecule has 8 nitrogen and oxygen atoms in total. The average Bonchev–Trinajstić information content (AvgIpc) is 4.04. The van der Waals surface area contributed by atoms with E-state index in [2.05, 4.69) is 125 Å². The van der Waals surface area contributed by atoms with E-state index in [9.17, 15) is 5.11 Å². The number of aryl methyl sites for hydroxylation is 2. The molecule has 0 radical (unpaired) electrons. The summed E-state index contributed by atoms with van der Waals surface area (Å²) in [6.07, 6.45) is 11.2. The van der Waals surface area contributed by atoms with Crippen molar-refractivity contribution in [3.63, 3.8) is 0 Å². The third-order valence-corrected chi connectivity index (χ3v) is 11.7. The highest BCUT2D eigenvalue weighted by Crippen LogP contribution is 2.35. The van der Waals surface area contributed by atoms with E-state index >= 15 is 0 Å². The average molecular weight is 884 g/mol. The summed E-state index contributed by atoms with van der Waals surface area (Å²) < 4.78 is 11.5. The van der Waals surface area contributed by atoms with Crippen molar-refractivity contribution in [3.8, 4) is 39.8 Å². The number of hydrogen-bond donors (Lipinski definition) is 1. The molecular weight excluding hydrogens is 845 g/mol. The van der Waals surface area contributed by atoms with Crippen molar-refractivity contribution in [3.05, 3.63) is 211 Å². The fourth-order valence-electron chi connectivity index (χ4n) is 8.17. The summed E-state index contributed by atoms with van der Waals surface area (Å²) in [5, 5.41) is 16.3. The smallest absolute Gasteiger partial charge is 0.145 e. The number of fused-ring (bicyclic) bond motifs is 12. The number of nitrogens with zero attached hydrogens (tertiary/aromatic N) is 6. The maximum absolute atomic E-state index is 9.66. The summed E-state index contributed by atoms with van der Waals surface area (Å²) in [5.74, 6) is 1.83. The van der Waals surface area contributed by atoms with E-state index in [0.717, 1.165) is 82.4 Å². The molecule has 0 saturated heterocycles. The van der Waals surface area contributed by atoms with Crippen LogP contribution in [0.15, 0.2) is 199 Å². The number of aromatic hydroxyl groups is 1. The molecule has 0 atom stereocenters. The van der Waals surface area contributed by atoms with Gasteiger partial charge in [-0.3, -0.25) is 18.8 Å². The lowest BCUT2D eigenvalue weighted by Gasteiger charge is -2.12. The van der Waals surface area contributed by atoms with Gasteiger partial charge in [-0.15, -0.1) is 0 Å². The first-order valence-electron chi connectivity index (χ1n) is 20.5. The molecule has 6 aromatic heterocycles. The third kappa shape index (κ3) is 7.71. The minimum absolute atomic E-state index is 0.266. The third-order valence-electron chi connectivity index (χ3n) is 11.2. The Kier molecular flexibility index (Phi) is 10.5. The molecule has 12 rings (SSSR count). The Labute approximate surface area is 371 Å². The summed E-state index contributed by atoms with van der Waals surface area (Å²) in [4.78, 5) is 17.8. The molecule has 0 aliphatic heterocycles. The highest BCUT2D eigenvalue weighted by atomic mass is 79.9. The predicted octanol–water partition coefficient (Wildman–Crippen LogP) is 14.0. The highest BCUT2D eigenvalue weighted by molar-refractivity contribution is 9.10. The van der Waals surface area contributed by atoms with Crippen LogP contribution >= 0.6 is 15.9 Å². The topological polar surface area (TPSA) is 89.8 Å². The van der Waals surface area contributed by atoms with Gasteiger partial charge in [0.2, 0.25) is 0 Å². The number of phenols is 1. The molecule has 63 heavy (non-hydrogen) atoms. The first kappa shape index (κ1) is 39.3. The van der Waals surface area contributed by atoms with Gasteiger partial charge in [-0.2, -0.15) is 0 Å². The quantitative estimate of drug-likeness (QED) is 0.177. The number of hydrogen-bond acceptors (Lipinski definition) is 6. The van der Waals surface area contributed by atoms with E-state index in [1.54, 1.807) is 18.3 Å². The summed E-state index contributed by atoms with van der Waals surface area (Å²) >= 11 is 3.47. The maximum atomic E-state index is 9.66. The number of ether oxygens (including phenoxy) is 1. The molecular formula is C54H39BrN6O2. The molecule has 304 valence electrons. The first-order chi connectivity index (χ1) is 30.9. The Hall–Kier alpha value is -7.88. The fourth-order valence-corrected chi connectivity index (χ4v) is 8.53. The Bertz CT molecular complexity index is 3610. The Morgan fingerprint density at radius 1 is 0.444 bits per heavy atom. The van der Waals surface area contributed by atoms with Gasteiger partial charge in [0.05, 0.1) is 22.4 Å². The molecule has 0 amide bonds. The summed E-state index contributed by atoms with van der Waals surface area (Å²) in [5.41, 5.74) is 10.7. The van der Waals surface area contributed by atoms with Crippen LogP contribution in [-0.2, 0) is 0 Å². The van der Waals surface area contributed by atoms with E-state index in [-0.39, 0.29) is 5.75 Å². The van der Waals surface area contributed by atoms with Crippen molar-refractivity contribution in [2.75, 3.05) is 0 Å². The van der Waals surface area contributed by atoms with Gasteiger partial charge >= 0.3 is 0 Å². The minimum Gasteiger partial charge on any atom is -0.508 e. The molecule has 6 aromatic carbocycles. The second-order valence-electron chi connectivity index (χ2n) is 15.2. The van der Waals surface area contributed by atoms with Crippen LogP contribution in [0.1, 0.15) is 11.1 Å². The van der Waals surface area contributed by atoms with Crippen molar-refractivity contribution < 1.29 is 9.84 Å². The van der Waals surface area contributed by atoms with Crippen molar-refractivity contribution in [2.45, 2.75) is 13.8 Å². The van der Waals surface area contributed by atoms with Crippen LogP contribution in [0.3, 0.4) is 0 Å². The number of halogens is 1. The molecule has 0 spiro atoms. The number of rotatable bonds is 4. The normalized spacial score (nSPS) is 11.2. The summed E-state index contributed by atoms with van der Waals surface area (Å²) in [6.45, 7) is 4.18. The van der Waals surface area contributed by atoms with Gasteiger partial charge in [0.25, 0.3) is 0 Å². The van der Waals surface area contributed by atoms with Crippen LogP contribution < -0.4 is 4.74 Å². The summed E-state index contributed by atoms with van der Waals surface area (Å²) in [6, 6.07) is 52.5. The summed E-state index contributed by atoms with van der Waals surface area (Å²) in [7, 11) is 0. The van der Waals surface area contributed by atoms with Crippen LogP contribution in [0, 0.1) is 13.8 Å². The van der Waals surface area contributed by atoms with E-state index < -0.39 is 0 Å². The number of para-hydroxylation sites is 2. The number of phenolic OH excluding ortho intramolecular Hbond substituents is 1. The molecule has 0 bridgehead atoms. The van der Waals surface area contributed by atoms with Gasteiger partial charge in [-0.25, -0.2) is 9.97 Å². The van der Waals surface area contributed by atoms with Crippen molar-refractivity contribution in [1.29, 1.82) is 0 Å². The zero-order chi connectivity index (χ0) is 42.9. The Balaban J connectivity index is 0.000000124. The first-order valence-corrected chi connectivity index (χ1v) is 21.3. The van der Waals surface area contributed by atoms with E-state index in [1.165, 1.54) is 21.9 Å². The monoisotopic (exact) mass is 882 g/mol. The Morgan fingerprint density at radius 3 is 1.56 bits per heavy atom. The van der Waals surface area contributed by atoms with E-state index in [4.69, 9.17) is 4.74 Å². The molecule has 0 aliphatic carbocycles. The van der Waals surface area contributed by atoms with Gasteiger partial charge < -0.3 is 9.84 Å². The van der Waals surface area contributed by atoms with Gasteiger partial charge in [-0.1, -0.05) is 76.6 Å². The van der Waals surface area contributed by atoms with Gasteiger partial charge in [0, 0.05) is 74.3 Å². The molecule has 0 unspecified atom stereocenters. The second kappa shape index (κ2) is 16.9. The number of imidazole rings is 2. The van der Waals surface area contributed by atoms with Crippen LogP contribution in [0.5, 0.6) is 17.2 Å². The fraction of sp³-hybridized carbons (Fsp3) is 0.0370. The van der Waals surface area contributed by atoms with E-state index in [0.29, 0.717) is 0 Å². The zero-order valence-electron chi connectivity index (χ0n) is 34.4. The van der Waals surface area contributed by atoms with Crippen LogP contribution in [-0.4, -0.2) is 33.8 Å². The van der Waals surface area contributed by atoms with Gasteiger partial charge in [0.1, 0.15) is 28.5 Å². The molecule has 0 saturated carbocycles. The van der Waals surface area contributed by atoms with Crippen LogP contribution in [0.25, 0.3) is 77.2 Å². The zero-order valence-corrected chi connectivity index (χ0v) is 36.0. The molecule has 0 fully saturated rings.